The first kappa shape index (κ1) is 22.6. The lowest BCUT2D eigenvalue weighted by molar-refractivity contribution is -0.141. The van der Waals surface area contributed by atoms with Crippen LogP contribution < -0.4 is 15.0 Å². The molecule has 2 unspecified atom stereocenters. The number of ether oxygens (including phenoxy) is 2. The second-order valence-corrected chi connectivity index (χ2v) is 7.66. The van der Waals surface area contributed by atoms with Crippen molar-refractivity contribution < 1.29 is 23.9 Å². The third-order valence-electron chi connectivity index (χ3n) is 5.14. The molecule has 1 heterocycles. The Hall–Kier alpha value is -3.06. The zero-order valence-electron chi connectivity index (χ0n) is 17.5. The number of carbonyl (C=O) groups excluding carboxylic acids is 3. The standard InChI is InChI=1S/C23H25ClN2O5/c1-3-31-19-10-8-18(9-11-19)26-14-16(12-21(26)27)23(29)25-20(13-22(28)30-2)15-4-6-17(24)7-5-15/h4-11,16,20H,3,12-14H2,1-2H3,(H,25,29). The SMILES string of the molecule is CCOc1ccc(N2CC(C(=O)NC(CC(=O)OC)c3ccc(Cl)cc3)CC2=O)cc1. The number of nitrogens with zero attached hydrogens (tertiary/aromatic N) is 1. The Morgan fingerprint density at radius 3 is 2.45 bits per heavy atom. The third kappa shape index (κ3) is 5.76. The lowest BCUT2D eigenvalue weighted by Gasteiger charge is -2.21. The molecule has 2 amide bonds. The van der Waals surface area contributed by atoms with E-state index in [1.807, 2.05) is 6.92 Å². The van der Waals surface area contributed by atoms with Gasteiger partial charge in [0.05, 0.1) is 32.1 Å². The van der Waals surface area contributed by atoms with Crippen molar-refractivity contribution in [2.75, 3.05) is 25.2 Å². The number of methoxy groups -OCH3 is 1. The number of rotatable bonds is 8. The van der Waals surface area contributed by atoms with Gasteiger partial charge in [0.25, 0.3) is 0 Å². The number of amides is 2. The van der Waals surface area contributed by atoms with Crippen LogP contribution >= 0.6 is 11.6 Å². The summed E-state index contributed by atoms with van der Waals surface area (Å²) in [5.41, 5.74) is 1.45. The molecule has 2 aromatic rings. The lowest BCUT2D eigenvalue weighted by atomic mass is 10.0. The van der Waals surface area contributed by atoms with Gasteiger partial charge in [-0.2, -0.15) is 0 Å². The second-order valence-electron chi connectivity index (χ2n) is 7.23. The molecule has 0 radical (unpaired) electrons. The predicted octanol–water partition coefficient (Wildman–Crippen LogP) is 3.51. The Morgan fingerprint density at radius 1 is 1.16 bits per heavy atom. The maximum absolute atomic E-state index is 12.9. The van der Waals surface area contributed by atoms with Crippen molar-refractivity contribution in [2.45, 2.75) is 25.8 Å². The highest BCUT2D eigenvalue weighted by molar-refractivity contribution is 6.30. The Morgan fingerprint density at radius 2 is 1.84 bits per heavy atom. The number of halogens is 1. The summed E-state index contributed by atoms with van der Waals surface area (Å²) < 4.78 is 10.2. The summed E-state index contributed by atoms with van der Waals surface area (Å²) in [4.78, 5) is 38.9. The highest BCUT2D eigenvalue weighted by Gasteiger charge is 2.36. The van der Waals surface area contributed by atoms with E-state index >= 15 is 0 Å². The van der Waals surface area contributed by atoms with Crippen LogP contribution in [0.1, 0.15) is 31.4 Å². The van der Waals surface area contributed by atoms with Crippen LogP contribution in [0.5, 0.6) is 5.75 Å². The van der Waals surface area contributed by atoms with Gasteiger partial charge in [0.1, 0.15) is 5.75 Å². The van der Waals surface area contributed by atoms with Gasteiger partial charge in [0, 0.05) is 23.7 Å². The summed E-state index contributed by atoms with van der Waals surface area (Å²) >= 11 is 5.95. The molecule has 31 heavy (non-hydrogen) atoms. The summed E-state index contributed by atoms with van der Waals surface area (Å²) in [7, 11) is 1.30. The van der Waals surface area contributed by atoms with Gasteiger partial charge < -0.3 is 19.7 Å². The van der Waals surface area contributed by atoms with Crippen molar-refractivity contribution in [3.05, 3.63) is 59.1 Å². The van der Waals surface area contributed by atoms with E-state index in [4.69, 9.17) is 21.1 Å². The Bertz CT molecular complexity index is 930. The van der Waals surface area contributed by atoms with Crippen LogP contribution in [-0.2, 0) is 19.1 Å². The fourth-order valence-corrected chi connectivity index (χ4v) is 3.63. The van der Waals surface area contributed by atoms with Crippen LogP contribution in [0.25, 0.3) is 0 Å². The average Bonchev–Trinajstić information content (AvgIpc) is 3.16. The summed E-state index contributed by atoms with van der Waals surface area (Å²) in [5.74, 6) is -0.656. The molecule has 0 saturated carbocycles. The van der Waals surface area contributed by atoms with E-state index in [-0.39, 0.29) is 31.2 Å². The Balaban J connectivity index is 1.69. The van der Waals surface area contributed by atoms with Crippen molar-refractivity contribution in [2.24, 2.45) is 5.92 Å². The molecule has 2 atom stereocenters. The molecule has 8 heteroatoms. The molecular formula is C23H25ClN2O5. The summed E-state index contributed by atoms with van der Waals surface area (Å²) in [6.45, 7) is 2.73. The molecule has 0 spiro atoms. The van der Waals surface area contributed by atoms with Crippen LogP contribution in [0, 0.1) is 5.92 Å². The molecule has 7 nitrogen and oxygen atoms in total. The second kappa shape index (κ2) is 10.3. The molecule has 1 aliphatic rings. The van der Waals surface area contributed by atoms with E-state index in [1.54, 1.807) is 53.4 Å². The highest BCUT2D eigenvalue weighted by atomic mass is 35.5. The fourth-order valence-electron chi connectivity index (χ4n) is 3.51. The smallest absolute Gasteiger partial charge is 0.307 e. The van der Waals surface area contributed by atoms with Crippen molar-refractivity contribution in [3.63, 3.8) is 0 Å². The van der Waals surface area contributed by atoms with Gasteiger partial charge in [0.2, 0.25) is 11.8 Å². The zero-order chi connectivity index (χ0) is 22.4. The number of carbonyl (C=O) groups is 3. The van der Waals surface area contributed by atoms with E-state index in [9.17, 15) is 14.4 Å². The number of benzene rings is 2. The van der Waals surface area contributed by atoms with Gasteiger partial charge in [-0.05, 0) is 48.9 Å². The van der Waals surface area contributed by atoms with Gasteiger partial charge in [-0.1, -0.05) is 23.7 Å². The molecule has 0 aromatic heterocycles. The van der Waals surface area contributed by atoms with E-state index in [2.05, 4.69) is 5.32 Å². The summed E-state index contributed by atoms with van der Waals surface area (Å²) in [6, 6.07) is 13.5. The predicted molar refractivity (Wildman–Crippen MR) is 117 cm³/mol. The van der Waals surface area contributed by atoms with E-state index < -0.39 is 17.9 Å². The van der Waals surface area contributed by atoms with Gasteiger partial charge in [0.15, 0.2) is 0 Å². The van der Waals surface area contributed by atoms with Crippen molar-refractivity contribution in [1.82, 2.24) is 5.32 Å². The molecule has 164 valence electrons. The molecule has 3 rings (SSSR count). The first-order valence-corrected chi connectivity index (χ1v) is 10.4. The maximum Gasteiger partial charge on any atom is 0.307 e. The van der Waals surface area contributed by atoms with E-state index in [1.165, 1.54) is 7.11 Å². The molecule has 1 N–H and O–H groups in total. The first-order chi connectivity index (χ1) is 14.9. The molecule has 1 fully saturated rings. The zero-order valence-corrected chi connectivity index (χ0v) is 18.2. The Kier molecular flexibility index (Phi) is 7.52. The number of hydrogen-bond acceptors (Lipinski definition) is 5. The summed E-state index contributed by atoms with van der Waals surface area (Å²) in [5, 5.41) is 3.45. The minimum atomic E-state index is -0.577. The topological polar surface area (TPSA) is 84.9 Å². The number of nitrogens with one attached hydrogen (secondary N) is 1. The molecular weight excluding hydrogens is 420 g/mol. The van der Waals surface area contributed by atoms with Crippen molar-refractivity contribution >= 4 is 35.1 Å². The third-order valence-corrected chi connectivity index (χ3v) is 5.39. The minimum absolute atomic E-state index is 0.0207. The fraction of sp³-hybridized carbons (Fsp3) is 0.348. The van der Waals surface area contributed by atoms with Gasteiger partial charge in [-0.25, -0.2) is 0 Å². The maximum atomic E-state index is 12.9. The normalized spacial score (nSPS) is 16.7. The van der Waals surface area contributed by atoms with E-state index in [0.29, 0.717) is 17.3 Å². The average molecular weight is 445 g/mol. The first-order valence-electron chi connectivity index (χ1n) is 10.1. The van der Waals surface area contributed by atoms with Gasteiger partial charge >= 0.3 is 5.97 Å². The minimum Gasteiger partial charge on any atom is -0.494 e. The monoisotopic (exact) mass is 444 g/mol. The van der Waals surface area contributed by atoms with Crippen LogP contribution in [0.15, 0.2) is 48.5 Å². The molecule has 2 aromatic carbocycles. The van der Waals surface area contributed by atoms with Gasteiger partial charge in [-0.15, -0.1) is 0 Å². The molecule has 1 aliphatic heterocycles. The van der Waals surface area contributed by atoms with Gasteiger partial charge in [-0.3, -0.25) is 14.4 Å². The largest absolute Gasteiger partial charge is 0.494 e. The summed E-state index contributed by atoms with van der Waals surface area (Å²) in [6.07, 6.45) is 0.0811. The Labute approximate surface area is 186 Å². The number of anilines is 1. The van der Waals surface area contributed by atoms with Crippen LogP contribution in [-0.4, -0.2) is 38.0 Å². The van der Waals surface area contributed by atoms with Crippen LogP contribution in [0.3, 0.4) is 0 Å². The highest BCUT2D eigenvalue weighted by Crippen LogP contribution is 2.28. The van der Waals surface area contributed by atoms with Crippen LogP contribution in [0.4, 0.5) is 5.69 Å². The van der Waals surface area contributed by atoms with Crippen molar-refractivity contribution in [1.29, 1.82) is 0 Å². The molecule has 0 bridgehead atoms. The quantitative estimate of drug-likeness (QED) is 0.630. The van der Waals surface area contributed by atoms with Crippen molar-refractivity contribution in [3.8, 4) is 5.75 Å². The lowest BCUT2D eigenvalue weighted by Crippen LogP contribution is -2.36. The number of esters is 1. The molecule has 1 saturated heterocycles. The number of hydrogen-bond donors (Lipinski definition) is 1. The molecule has 0 aliphatic carbocycles. The van der Waals surface area contributed by atoms with E-state index in [0.717, 1.165) is 11.3 Å². The van der Waals surface area contributed by atoms with Crippen LogP contribution in [0.2, 0.25) is 5.02 Å².